The third-order valence-electron chi connectivity index (χ3n) is 4.21. The minimum Gasteiger partial charge on any atom is -0.386 e. The molecule has 0 amide bonds. The lowest BCUT2D eigenvalue weighted by atomic mass is 9.90. The predicted octanol–water partition coefficient (Wildman–Crippen LogP) is 2.57. The number of aromatic nitrogens is 2. The van der Waals surface area contributed by atoms with Crippen LogP contribution in [0.5, 0.6) is 0 Å². The molecule has 1 aromatic rings. The van der Waals surface area contributed by atoms with Gasteiger partial charge in [-0.2, -0.15) is 5.10 Å². The van der Waals surface area contributed by atoms with E-state index in [-0.39, 0.29) is 0 Å². The van der Waals surface area contributed by atoms with Crippen molar-refractivity contribution >= 4 is 11.6 Å². The third kappa shape index (κ3) is 3.30. The zero-order chi connectivity index (χ0) is 14.0. The van der Waals surface area contributed by atoms with Crippen LogP contribution >= 0.6 is 11.6 Å². The number of likely N-dealkylation sites (N-methyl/N-ethyl adjacent to an activating group) is 1. The first-order chi connectivity index (χ1) is 9.00. The molecule has 1 aliphatic carbocycles. The van der Waals surface area contributed by atoms with Crippen LogP contribution < -0.4 is 0 Å². The quantitative estimate of drug-likeness (QED) is 0.904. The van der Waals surface area contributed by atoms with Gasteiger partial charge in [0.2, 0.25) is 0 Å². The molecule has 5 heteroatoms. The van der Waals surface area contributed by atoms with Gasteiger partial charge >= 0.3 is 0 Å². The largest absolute Gasteiger partial charge is 0.386 e. The topological polar surface area (TPSA) is 41.3 Å². The monoisotopic (exact) mass is 285 g/mol. The second-order valence-corrected chi connectivity index (χ2v) is 6.33. The third-order valence-corrected chi connectivity index (χ3v) is 4.50. The van der Waals surface area contributed by atoms with Crippen LogP contribution in [0.3, 0.4) is 0 Å². The van der Waals surface area contributed by atoms with Crippen molar-refractivity contribution in [3.05, 3.63) is 16.9 Å². The van der Waals surface area contributed by atoms with Gasteiger partial charge in [-0.1, -0.05) is 31.4 Å². The van der Waals surface area contributed by atoms with Crippen molar-refractivity contribution in [2.75, 3.05) is 20.6 Å². The Morgan fingerprint density at radius 2 is 2.26 bits per heavy atom. The van der Waals surface area contributed by atoms with Gasteiger partial charge in [0.15, 0.2) is 0 Å². The van der Waals surface area contributed by atoms with E-state index in [0.717, 1.165) is 25.2 Å². The summed E-state index contributed by atoms with van der Waals surface area (Å²) < 4.78 is 1.86. The summed E-state index contributed by atoms with van der Waals surface area (Å²) in [6, 6.07) is 0. The molecule has 0 aliphatic heterocycles. The molecule has 3 atom stereocenters. The van der Waals surface area contributed by atoms with Gasteiger partial charge in [-0.05, 0) is 32.4 Å². The normalized spacial score (nSPS) is 25.2. The van der Waals surface area contributed by atoms with Crippen LogP contribution in [0.15, 0.2) is 6.20 Å². The summed E-state index contributed by atoms with van der Waals surface area (Å²) in [6.45, 7) is 3.86. The van der Waals surface area contributed by atoms with E-state index in [1.165, 1.54) is 12.8 Å². The van der Waals surface area contributed by atoms with Crippen molar-refractivity contribution in [2.45, 2.75) is 38.8 Å². The first kappa shape index (κ1) is 14.8. The average molecular weight is 286 g/mol. The minimum absolute atomic E-state index is 0.312. The van der Waals surface area contributed by atoms with Crippen LogP contribution in [0, 0.1) is 11.8 Å². The zero-order valence-corrected chi connectivity index (χ0v) is 12.8. The summed E-state index contributed by atoms with van der Waals surface area (Å²) in [5.74, 6) is 0.871. The van der Waals surface area contributed by atoms with E-state index in [1.807, 2.05) is 18.8 Å². The highest BCUT2D eigenvalue weighted by Gasteiger charge is 2.33. The molecule has 0 saturated heterocycles. The second-order valence-electron chi connectivity index (χ2n) is 5.92. The molecule has 1 fully saturated rings. The Bertz CT molecular complexity index is 419. The highest BCUT2D eigenvalue weighted by Crippen LogP contribution is 2.41. The Kier molecular flexibility index (Phi) is 4.87. The van der Waals surface area contributed by atoms with E-state index in [0.29, 0.717) is 16.9 Å². The molecule has 1 saturated carbocycles. The fourth-order valence-electron chi connectivity index (χ4n) is 2.98. The van der Waals surface area contributed by atoms with Crippen molar-refractivity contribution in [3.8, 4) is 0 Å². The molecule has 1 aromatic heterocycles. The van der Waals surface area contributed by atoms with Crippen LogP contribution in [0.25, 0.3) is 0 Å². The van der Waals surface area contributed by atoms with E-state index in [4.69, 9.17) is 11.6 Å². The summed E-state index contributed by atoms with van der Waals surface area (Å²) in [5, 5.41) is 15.5. The maximum absolute atomic E-state index is 10.6. The zero-order valence-electron chi connectivity index (χ0n) is 12.0. The lowest BCUT2D eigenvalue weighted by Crippen LogP contribution is -2.23. The molecule has 0 radical (unpaired) electrons. The molecule has 19 heavy (non-hydrogen) atoms. The molecule has 4 nitrogen and oxygen atoms in total. The number of hydrogen-bond acceptors (Lipinski definition) is 3. The molecule has 1 aliphatic rings. The van der Waals surface area contributed by atoms with Gasteiger partial charge in [0.25, 0.3) is 0 Å². The Morgan fingerprint density at radius 1 is 1.53 bits per heavy atom. The van der Waals surface area contributed by atoms with Crippen molar-refractivity contribution < 1.29 is 5.11 Å². The van der Waals surface area contributed by atoms with Crippen molar-refractivity contribution in [1.82, 2.24) is 14.7 Å². The Morgan fingerprint density at radius 3 is 2.84 bits per heavy atom. The predicted molar refractivity (Wildman–Crippen MR) is 77.3 cm³/mol. The number of hydrogen-bond donors (Lipinski definition) is 1. The number of nitrogens with zero attached hydrogens (tertiary/aromatic N) is 3. The SMILES string of the molecule is CC1CCCC1C(O)c1c(Cl)cnn1CCN(C)C. The molecule has 0 bridgehead atoms. The number of rotatable bonds is 5. The average Bonchev–Trinajstić information content (AvgIpc) is 2.92. The number of aliphatic hydroxyl groups is 1. The maximum Gasteiger partial charge on any atom is 0.100 e. The first-order valence-corrected chi connectivity index (χ1v) is 7.42. The van der Waals surface area contributed by atoms with Crippen LogP contribution in [-0.2, 0) is 6.54 Å². The molecule has 2 rings (SSSR count). The minimum atomic E-state index is -0.491. The number of aliphatic hydroxyl groups excluding tert-OH is 1. The second kappa shape index (κ2) is 6.25. The number of halogens is 1. The molecular weight excluding hydrogens is 262 g/mol. The highest BCUT2D eigenvalue weighted by molar-refractivity contribution is 6.31. The van der Waals surface area contributed by atoms with Crippen LogP contribution in [0.1, 0.15) is 38.0 Å². The van der Waals surface area contributed by atoms with Gasteiger partial charge in [0.05, 0.1) is 23.5 Å². The molecule has 108 valence electrons. The van der Waals surface area contributed by atoms with E-state index in [2.05, 4.69) is 16.9 Å². The molecule has 1 heterocycles. The summed E-state index contributed by atoms with van der Waals surface area (Å²) in [7, 11) is 4.06. The molecular formula is C14H24ClN3O. The van der Waals surface area contributed by atoms with Gasteiger partial charge in [0, 0.05) is 6.54 Å². The van der Waals surface area contributed by atoms with Crippen molar-refractivity contribution in [2.24, 2.45) is 11.8 Å². The van der Waals surface area contributed by atoms with Gasteiger partial charge in [-0.25, -0.2) is 0 Å². The van der Waals surface area contributed by atoms with Crippen molar-refractivity contribution in [3.63, 3.8) is 0 Å². The maximum atomic E-state index is 10.6. The van der Waals surface area contributed by atoms with Crippen LogP contribution in [-0.4, -0.2) is 40.4 Å². The highest BCUT2D eigenvalue weighted by atomic mass is 35.5. The summed E-state index contributed by atoms with van der Waals surface area (Å²) in [5.41, 5.74) is 0.794. The van der Waals surface area contributed by atoms with Crippen molar-refractivity contribution in [1.29, 1.82) is 0 Å². The molecule has 3 unspecified atom stereocenters. The Balaban J connectivity index is 2.15. The summed E-state index contributed by atoms with van der Waals surface area (Å²) in [4.78, 5) is 2.10. The summed E-state index contributed by atoms with van der Waals surface area (Å²) in [6.07, 6.45) is 4.64. The molecule has 1 N–H and O–H groups in total. The standard InChI is InChI=1S/C14H24ClN3O/c1-10-5-4-6-11(10)14(19)13-12(15)9-16-18(13)8-7-17(2)3/h9-11,14,19H,4-8H2,1-3H3. The molecule has 0 aromatic carbocycles. The van der Waals surface area contributed by atoms with E-state index >= 15 is 0 Å². The van der Waals surface area contributed by atoms with Gasteiger partial charge < -0.3 is 10.0 Å². The van der Waals surface area contributed by atoms with Gasteiger partial charge in [0.1, 0.15) is 6.10 Å². The summed E-state index contributed by atoms with van der Waals surface area (Å²) >= 11 is 6.22. The van der Waals surface area contributed by atoms with E-state index in [9.17, 15) is 5.11 Å². The van der Waals surface area contributed by atoms with E-state index < -0.39 is 6.10 Å². The lowest BCUT2D eigenvalue weighted by Gasteiger charge is -2.24. The fraction of sp³-hybridized carbons (Fsp3) is 0.786. The fourth-order valence-corrected chi connectivity index (χ4v) is 3.24. The molecule has 0 spiro atoms. The van der Waals surface area contributed by atoms with Gasteiger partial charge in [-0.3, -0.25) is 4.68 Å². The van der Waals surface area contributed by atoms with Gasteiger partial charge in [-0.15, -0.1) is 0 Å². The lowest BCUT2D eigenvalue weighted by molar-refractivity contribution is 0.0811. The van der Waals surface area contributed by atoms with Crippen LogP contribution in [0.2, 0.25) is 5.02 Å². The Labute approximate surface area is 120 Å². The smallest absolute Gasteiger partial charge is 0.100 e. The van der Waals surface area contributed by atoms with E-state index in [1.54, 1.807) is 6.20 Å². The first-order valence-electron chi connectivity index (χ1n) is 7.04. The Hall–Kier alpha value is -0.580. The van der Waals surface area contributed by atoms with Crippen LogP contribution in [0.4, 0.5) is 0 Å².